The second-order valence-corrected chi connectivity index (χ2v) is 1.75. The Bertz CT molecular complexity index is 93.1. The zero-order valence-electron chi connectivity index (χ0n) is 3.10. The standard InChI is InChI=1S/CH2Cl2.Cr.3O/c2-1-3;;;;/h1H2;;;;. The fraction of sp³-hybridized carbons (Fsp3) is 1.00. The molecule has 0 saturated heterocycles. The molecule has 0 atom stereocenters. The van der Waals surface area contributed by atoms with Crippen LogP contribution in [0.3, 0.4) is 0 Å². The van der Waals surface area contributed by atoms with Gasteiger partial charge in [0.15, 0.2) is 0 Å². The van der Waals surface area contributed by atoms with Crippen LogP contribution in [0.15, 0.2) is 0 Å². The molecule has 0 N–H and O–H groups in total. The number of hydrogen-bond acceptors (Lipinski definition) is 3. The van der Waals surface area contributed by atoms with Crippen LogP contribution in [0.4, 0.5) is 0 Å². The van der Waals surface area contributed by atoms with E-state index >= 15 is 0 Å². The molecule has 0 amide bonds. The molecular weight excluding hydrogens is 183 g/mol. The summed E-state index contributed by atoms with van der Waals surface area (Å²) in [7, 11) is 0. The third-order valence-corrected chi connectivity index (χ3v) is 0. The molecule has 0 aliphatic rings. The molecule has 0 fully saturated rings. The van der Waals surface area contributed by atoms with Crippen LogP contribution >= 0.6 is 23.2 Å². The van der Waals surface area contributed by atoms with Gasteiger partial charge in [0.1, 0.15) is 0 Å². The molecule has 0 heterocycles. The van der Waals surface area contributed by atoms with Crippen LogP contribution < -0.4 is 0 Å². The predicted molar refractivity (Wildman–Crippen MR) is 18.6 cm³/mol. The fourth-order valence-electron chi connectivity index (χ4n) is 0. The minimum absolute atomic E-state index is 0.194. The molecule has 0 aromatic carbocycles. The number of alkyl halides is 2. The number of rotatable bonds is 0. The summed E-state index contributed by atoms with van der Waals surface area (Å²) in [6.07, 6.45) is 0. The van der Waals surface area contributed by atoms with Gasteiger partial charge in [0.2, 0.25) is 0 Å². The molecule has 3 nitrogen and oxygen atoms in total. The van der Waals surface area contributed by atoms with Crippen molar-refractivity contribution >= 4 is 23.2 Å². The van der Waals surface area contributed by atoms with E-state index in [4.69, 9.17) is 34.6 Å². The summed E-state index contributed by atoms with van der Waals surface area (Å²) in [6.45, 7) is 0. The third kappa shape index (κ3) is 505. The Morgan fingerprint density at radius 2 is 1.14 bits per heavy atom. The molecule has 7 heavy (non-hydrogen) atoms. The van der Waals surface area contributed by atoms with Crippen molar-refractivity contribution < 1.29 is 25.4 Å². The Hall–Kier alpha value is 0.512. The van der Waals surface area contributed by atoms with Crippen LogP contribution in [0.25, 0.3) is 0 Å². The van der Waals surface area contributed by atoms with Crippen LogP contribution in [0, 0.1) is 0 Å². The van der Waals surface area contributed by atoms with Gasteiger partial charge >= 0.3 is 25.4 Å². The molecule has 0 aliphatic carbocycles. The topological polar surface area (TPSA) is 51.2 Å². The molecule has 0 spiro atoms. The van der Waals surface area contributed by atoms with Gasteiger partial charge in [-0.05, 0) is 0 Å². The average Bonchev–Trinajstić information content (AvgIpc) is 1.33. The maximum atomic E-state index is 8.54. The molecule has 0 unspecified atom stereocenters. The van der Waals surface area contributed by atoms with Crippen LogP contribution in [-0.2, 0) is 25.4 Å². The van der Waals surface area contributed by atoms with Gasteiger partial charge in [-0.25, -0.2) is 0 Å². The van der Waals surface area contributed by atoms with Crippen LogP contribution in [0.2, 0.25) is 0 Å². The van der Waals surface area contributed by atoms with E-state index in [-0.39, 0.29) is 5.34 Å². The van der Waals surface area contributed by atoms with Gasteiger partial charge < -0.3 is 0 Å². The first kappa shape index (κ1) is 10.5. The van der Waals surface area contributed by atoms with Crippen molar-refractivity contribution in [1.82, 2.24) is 0 Å². The Labute approximate surface area is 54.2 Å². The Morgan fingerprint density at radius 3 is 1.14 bits per heavy atom. The summed E-state index contributed by atoms with van der Waals surface area (Å²) in [4.78, 5) is 0. The number of halogens is 2. The molecule has 0 saturated carbocycles. The van der Waals surface area contributed by atoms with Gasteiger partial charge in [0, 0.05) is 0 Å². The van der Waals surface area contributed by atoms with Crippen LogP contribution in [0.5, 0.6) is 0 Å². The van der Waals surface area contributed by atoms with Crippen molar-refractivity contribution in [2.75, 3.05) is 5.34 Å². The summed E-state index contributed by atoms with van der Waals surface area (Å²) in [6, 6.07) is 0. The molecule has 0 radical (unpaired) electrons. The molecule has 6 heteroatoms. The monoisotopic (exact) mass is 184 g/mol. The van der Waals surface area contributed by atoms with E-state index in [1.807, 2.05) is 0 Å². The summed E-state index contributed by atoms with van der Waals surface area (Å²) < 4.78 is 25.6. The summed E-state index contributed by atoms with van der Waals surface area (Å²) in [5.41, 5.74) is 0. The summed E-state index contributed by atoms with van der Waals surface area (Å²) in [5.74, 6) is 0. The predicted octanol–water partition coefficient (Wildman–Crippen LogP) is 1.06. The van der Waals surface area contributed by atoms with Crippen molar-refractivity contribution in [3.8, 4) is 0 Å². The molecule has 0 aromatic heterocycles. The van der Waals surface area contributed by atoms with Gasteiger partial charge in [-0.2, -0.15) is 0 Å². The third-order valence-electron chi connectivity index (χ3n) is 0. The van der Waals surface area contributed by atoms with Crippen LogP contribution in [-0.4, -0.2) is 5.34 Å². The minimum atomic E-state index is -3.79. The molecule has 44 valence electrons. The van der Waals surface area contributed by atoms with Crippen molar-refractivity contribution in [3.05, 3.63) is 0 Å². The zero-order valence-corrected chi connectivity index (χ0v) is 5.88. The first-order valence-electron chi connectivity index (χ1n) is 1.03. The number of hydrogen-bond donors (Lipinski definition) is 0. The molecular formula is CH2Cl2CrO3. The second kappa shape index (κ2) is 9.72. The van der Waals surface area contributed by atoms with Crippen molar-refractivity contribution in [2.24, 2.45) is 0 Å². The normalized spacial score (nSPS) is 6.00. The SMILES string of the molecule is ClCCl.[O]=[Cr](=[O])=[O]. The molecule has 0 aromatic rings. The van der Waals surface area contributed by atoms with Gasteiger partial charge in [-0.15, -0.1) is 23.2 Å². The van der Waals surface area contributed by atoms with E-state index in [2.05, 4.69) is 0 Å². The Morgan fingerprint density at radius 1 is 1.14 bits per heavy atom. The van der Waals surface area contributed by atoms with E-state index < -0.39 is 14.0 Å². The molecule has 0 rings (SSSR count). The quantitative estimate of drug-likeness (QED) is 0.530. The Kier molecular flexibility index (Phi) is 14.6. The fourth-order valence-corrected chi connectivity index (χ4v) is 0. The average molecular weight is 185 g/mol. The first-order chi connectivity index (χ1) is 3.15. The summed E-state index contributed by atoms with van der Waals surface area (Å²) in [5, 5.41) is 0.194. The van der Waals surface area contributed by atoms with E-state index in [9.17, 15) is 0 Å². The molecule has 0 aliphatic heterocycles. The van der Waals surface area contributed by atoms with Crippen molar-refractivity contribution in [1.29, 1.82) is 0 Å². The van der Waals surface area contributed by atoms with Crippen molar-refractivity contribution in [2.45, 2.75) is 0 Å². The van der Waals surface area contributed by atoms with E-state index in [0.29, 0.717) is 0 Å². The van der Waals surface area contributed by atoms with Gasteiger partial charge in [0.25, 0.3) is 0 Å². The van der Waals surface area contributed by atoms with Crippen LogP contribution in [0.1, 0.15) is 0 Å². The van der Waals surface area contributed by atoms with Gasteiger partial charge in [0.05, 0.1) is 5.34 Å². The van der Waals surface area contributed by atoms with E-state index in [0.717, 1.165) is 0 Å². The van der Waals surface area contributed by atoms with Gasteiger partial charge in [-0.1, -0.05) is 0 Å². The van der Waals surface area contributed by atoms with E-state index in [1.165, 1.54) is 0 Å². The van der Waals surface area contributed by atoms with Crippen molar-refractivity contribution in [3.63, 3.8) is 0 Å². The van der Waals surface area contributed by atoms with E-state index in [1.54, 1.807) is 0 Å². The maximum absolute atomic E-state index is 8.54. The molecule has 0 bridgehead atoms. The Balaban J connectivity index is 0. The van der Waals surface area contributed by atoms with Gasteiger partial charge in [-0.3, -0.25) is 0 Å². The second-order valence-electron chi connectivity index (χ2n) is 0.305. The summed E-state index contributed by atoms with van der Waals surface area (Å²) >= 11 is 5.74. The first-order valence-corrected chi connectivity index (χ1v) is 3.67. The zero-order chi connectivity index (χ0) is 6.28.